The number of nitrogens with one attached hydrogen (secondary N) is 1. The van der Waals surface area contributed by atoms with Crippen molar-refractivity contribution >= 4 is 23.2 Å². The molecular formula is C21H22F3N3O3. The van der Waals surface area contributed by atoms with E-state index in [4.69, 9.17) is 10.5 Å². The third-order valence-electron chi connectivity index (χ3n) is 4.81. The topological polar surface area (TPSA) is 84.7 Å². The summed E-state index contributed by atoms with van der Waals surface area (Å²) in [6, 6.07) is 9.47. The summed E-state index contributed by atoms with van der Waals surface area (Å²) in [7, 11) is 0. The number of piperidine rings is 1. The van der Waals surface area contributed by atoms with E-state index in [1.807, 2.05) is 4.90 Å². The molecule has 1 aliphatic heterocycles. The fourth-order valence-corrected chi connectivity index (χ4v) is 3.35. The Bertz CT molecular complexity index is 925. The molecule has 1 fully saturated rings. The number of ether oxygens (including phenoxy) is 1. The number of hydrogen-bond donors (Lipinski definition) is 2. The first-order valence-electron chi connectivity index (χ1n) is 9.53. The predicted molar refractivity (Wildman–Crippen MR) is 107 cm³/mol. The molecule has 0 aliphatic carbocycles. The van der Waals surface area contributed by atoms with Crippen LogP contribution in [-0.2, 0) is 11.0 Å². The largest absolute Gasteiger partial charge is 0.483 e. The van der Waals surface area contributed by atoms with Crippen LogP contribution in [0.2, 0.25) is 0 Å². The Morgan fingerprint density at radius 2 is 1.77 bits per heavy atom. The fourth-order valence-electron chi connectivity index (χ4n) is 3.35. The van der Waals surface area contributed by atoms with Crippen molar-refractivity contribution in [3.63, 3.8) is 0 Å². The number of amides is 2. The van der Waals surface area contributed by atoms with E-state index in [1.54, 1.807) is 12.1 Å². The van der Waals surface area contributed by atoms with Crippen molar-refractivity contribution in [1.82, 2.24) is 0 Å². The van der Waals surface area contributed by atoms with Crippen LogP contribution in [0, 0.1) is 0 Å². The van der Waals surface area contributed by atoms with E-state index in [0.29, 0.717) is 18.8 Å². The zero-order valence-corrected chi connectivity index (χ0v) is 16.2. The fraction of sp³-hybridized carbons (Fsp3) is 0.333. The zero-order chi connectivity index (χ0) is 21.7. The lowest BCUT2D eigenvalue weighted by Crippen LogP contribution is -2.31. The Balaban J connectivity index is 1.78. The van der Waals surface area contributed by atoms with Crippen molar-refractivity contribution in [2.45, 2.75) is 25.4 Å². The second-order valence-corrected chi connectivity index (χ2v) is 6.97. The Morgan fingerprint density at radius 1 is 1.07 bits per heavy atom. The summed E-state index contributed by atoms with van der Waals surface area (Å²) in [4.78, 5) is 25.8. The van der Waals surface area contributed by atoms with E-state index in [9.17, 15) is 22.8 Å². The first kappa shape index (κ1) is 21.5. The second kappa shape index (κ2) is 9.06. The van der Waals surface area contributed by atoms with Gasteiger partial charge in [0.1, 0.15) is 5.75 Å². The predicted octanol–water partition coefficient (Wildman–Crippen LogP) is 3.81. The van der Waals surface area contributed by atoms with Crippen molar-refractivity contribution in [2.75, 3.05) is 29.9 Å². The lowest BCUT2D eigenvalue weighted by Gasteiger charge is -2.31. The standard InChI is InChI=1S/C21H22F3N3O3/c22-21(23,24)14-8-9-17(27-10-4-1-5-11-27)16(12-14)26-19(28)13-30-18-7-3-2-6-15(18)20(25)29/h2-3,6-9,12H,1,4-5,10-11,13H2,(H2,25,29)(H,26,28). The highest BCUT2D eigenvalue weighted by Crippen LogP contribution is 2.36. The maximum Gasteiger partial charge on any atom is 0.416 e. The number of halogens is 3. The number of benzene rings is 2. The van der Waals surface area contributed by atoms with Gasteiger partial charge in [-0.1, -0.05) is 12.1 Å². The molecule has 0 bridgehead atoms. The normalized spacial score (nSPS) is 14.3. The molecule has 9 heteroatoms. The Hall–Kier alpha value is -3.23. The summed E-state index contributed by atoms with van der Waals surface area (Å²) < 4.78 is 44.9. The monoisotopic (exact) mass is 421 g/mol. The van der Waals surface area contributed by atoms with E-state index in [-0.39, 0.29) is 17.0 Å². The third-order valence-corrected chi connectivity index (χ3v) is 4.81. The van der Waals surface area contributed by atoms with Crippen LogP contribution in [0.3, 0.4) is 0 Å². The number of carbonyl (C=O) groups is 2. The van der Waals surface area contributed by atoms with Gasteiger partial charge >= 0.3 is 6.18 Å². The minimum Gasteiger partial charge on any atom is -0.483 e. The molecule has 2 amide bonds. The van der Waals surface area contributed by atoms with Gasteiger partial charge in [-0.3, -0.25) is 9.59 Å². The van der Waals surface area contributed by atoms with Crippen LogP contribution in [0.1, 0.15) is 35.2 Å². The van der Waals surface area contributed by atoms with E-state index >= 15 is 0 Å². The van der Waals surface area contributed by atoms with Crippen LogP contribution >= 0.6 is 0 Å². The van der Waals surface area contributed by atoms with E-state index in [0.717, 1.165) is 31.4 Å². The Labute approximate surface area is 171 Å². The van der Waals surface area contributed by atoms with E-state index < -0.39 is 30.2 Å². The van der Waals surface area contributed by atoms with Crippen molar-refractivity contribution in [1.29, 1.82) is 0 Å². The Kier molecular flexibility index (Phi) is 6.49. The molecule has 6 nitrogen and oxygen atoms in total. The van der Waals surface area contributed by atoms with Crippen molar-refractivity contribution in [3.8, 4) is 5.75 Å². The summed E-state index contributed by atoms with van der Waals surface area (Å²) in [5.41, 5.74) is 5.14. The molecule has 0 atom stereocenters. The van der Waals surface area contributed by atoms with Gasteiger partial charge in [-0.05, 0) is 49.6 Å². The highest BCUT2D eigenvalue weighted by Gasteiger charge is 2.32. The number of anilines is 2. The van der Waals surface area contributed by atoms with Gasteiger partial charge in [-0.25, -0.2) is 0 Å². The van der Waals surface area contributed by atoms with E-state index in [1.165, 1.54) is 18.2 Å². The molecule has 2 aromatic rings. The Morgan fingerprint density at radius 3 is 2.43 bits per heavy atom. The summed E-state index contributed by atoms with van der Waals surface area (Å²) >= 11 is 0. The molecule has 3 rings (SSSR count). The molecule has 160 valence electrons. The molecule has 0 unspecified atom stereocenters. The average molecular weight is 421 g/mol. The highest BCUT2D eigenvalue weighted by atomic mass is 19.4. The average Bonchev–Trinajstić information content (AvgIpc) is 2.72. The molecule has 1 heterocycles. The van der Waals surface area contributed by atoms with Gasteiger partial charge in [0.05, 0.1) is 22.5 Å². The molecule has 0 radical (unpaired) electrons. The zero-order valence-electron chi connectivity index (χ0n) is 16.2. The van der Waals surface area contributed by atoms with E-state index in [2.05, 4.69) is 5.32 Å². The maximum atomic E-state index is 13.2. The summed E-state index contributed by atoms with van der Waals surface area (Å²) in [6.07, 6.45) is -1.61. The minimum atomic E-state index is -4.53. The summed E-state index contributed by atoms with van der Waals surface area (Å²) in [5, 5.41) is 2.52. The molecule has 0 aromatic heterocycles. The summed E-state index contributed by atoms with van der Waals surface area (Å²) in [6.45, 7) is 0.924. The summed E-state index contributed by atoms with van der Waals surface area (Å²) in [5.74, 6) is -1.23. The number of hydrogen-bond acceptors (Lipinski definition) is 4. The smallest absolute Gasteiger partial charge is 0.416 e. The molecule has 0 spiro atoms. The number of nitrogens with zero attached hydrogens (tertiary/aromatic N) is 1. The maximum absolute atomic E-state index is 13.2. The number of carbonyl (C=O) groups excluding carboxylic acids is 2. The van der Waals surface area contributed by atoms with Crippen LogP contribution in [0.5, 0.6) is 5.75 Å². The molecule has 3 N–H and O–H groups in total. The SMILES string of the molecule is NC(=O)c1ccccc1OCC(=O)Nc1cc(C(F)(F)F)ccc1N1CCCCC1. The lowest BCUT2D eigenvalue weighted by molar-refractivity contribution is -0.137. The highest BCUT2D eigenvalue weighted by molar-refractivity contribution is 5.97. The van der Waals surface area contributed by atoms with Gasteiger partial charge < -0.3 is 20.7 Å². The molecule has 2 aromatic carbocycles. The van der Waals surface area contributed by atoms with Gasteiger partial charge in [0.25, 0.3) is 11.8 Å². The number of para-hydroxylation sites is 1. The van der Waals surface area contributed by atoms with Gasteiger partial charge in [-0.2, -0.15) is 13.2 Å². The van der Waals surface area contributed by atoms with Crippen LogP contribution in [0.4, 0.5) is 24.5 Å². The van der Waals surface area contributed by atoms with Crippen LogP contribution < -0.4 is 20.7 Å². The van der Waals surface area contributed by atoms with Crippen molar-refractivity contribution < 1.29 is 27.5 Å². The third kappa shape index (κ3) is 5.22. The van der Waals surface area contributed by atoms with Gasteiger partial charge in [0.2, 0.25) is 0 Å². The molecular weight excluding hydrogens is 399 g/mol. The van der Waals surface area contributed by atoms with Crippen molar-refractivity contribution in [3.05, 3.63) is 53.6 Å². The van der Waals surface area contributed by atoms with Gasteiger partial charge in [0, 0.05) is 13.1 Å². The molecule has 1 saturated heterocycles. The molecule has 1 aliphatic rings. The molecule has 30 heavy (non-hydrogen) atoms. The van der Waals surface area contributed by atoms with Crippen LogP contribution in [-0.4, -0.2) is 31.5 Å². The van der Waals surface area contributed by atoms with Gasteiger partial charge in [-0.15, -0.1) is 0 Å². The van der Waals surface area contributed by atoms with Crippen LogP contribution in [0.25, 0.3) is 0 Å². The first-order valence-corrected chi connectivity index (χ1v) is 9.53. The quantitative estimate of drug-likeness (QED) is 0.743. The number of nitrogens with two attached hydrogens (primary N) is 1. The lowest BCUT2D eigenvalue weighted by atomic mass is 10.1. The number of rotatable bonds is 6. The second-order valence-electron chi connectivity index (χ2n) is 6.97. The van der Waals surface area contributed by atoms with Gasteiger partial charge in [0.15, 0.2) is 6.61 Å². The van der Waals surface area contributed by atoms with Crippen LogP contribution in [0.15, 0.2) is 42.5 Å². The molecule has 0 saturated carbocycles. The number of alkyl halides is 3. The minimum absolute atomic E-state index is 0.0727. The first-order chi connectivity index (χ1) is 14.3. The van der Waals surface area contributed by atoms with Crippen molar-refractivity contribution in [2.24, 2.45) is 5.73 Å². The number of primary amides is 1.